The zero-order valence-electron chi connectivity index (χ0n) is 13.5. The minimum absolute atomic E-state index is 0.237. The average molecular weight is 363 g/mol. The van der Waals surface area contributed by atoms with Crippen molar-refractivity contribution in [2.45, 2.75) is 31.6 Å². The fourth-order valence-electron chi connectivity index (χ4n) is 2.96. The lowest BCUT2D eigenvalue weighted by molar-refractivity contribution is -0.153. The Labute approximate surface area is 148 Å². The SMILES string of the molecule is C[C@@H]1C[C@H](C(=O)NC(c2ccc(F)cc2)c2cccs2)O[C@H]1C(=O)O. The number of hydrogen-bond acceptors (Lipinski definition) is 4. The fourth-order valence-corrected chi connectivity index (χ4v) is 3.77. The molecule has 5 nitrogen and oxygen atoms in total. The first-order chi connectivity index (χ1) is 12.0. The minimum atomic E-state index is -1.06. The lowest BCUT2D eigenvalue weighted by Crippen LogP contribution is -2.38. The van der Waals surface area contributed by atoms with E-state index in [1.54, 1.807) is 19.1 Å². The van der Waals surface area contributed by atoms with Crippen LogP contribution in [0.4, 0.5) is 4.39 Å². The summed E-state index contributed by atoms with van der Waals surface area (Å²) in [4.78, 5) is 24.7. The molecule has 1 saturated heterocycles. The Morgan fingerprint density at radius 3 is 2.60 bits per heavy atom. The Kier molecular flexibility index (Phi) is 5.15. The van der Waals surface area contributed by atoms with Gasteiger partial charge in [0.15, 0.2) is 6.10 Å². The third kappa shape index (κ3) is 3.88. The first-order valence-corrected chi connectivity index (χ1v) is 8.81. The van der Waals surface area contributed by atoms with Gasteiger partial charge in [-0.1, -0.05) is 25.1 Å². The van der Waals surface area contributed by atoms with E-state index in [1.165, 1.54) is 23.5 Å². The third-order valence-corrected chi connectivity index (χ3v) is 5.20. The van der Waals surface area contributed by atoms with E-state index in [2.05, 4.69) is 5.32 Å². The first-order valence-electron chi connectivity index (χ1n) is 7.93. The summed E-state index contributed by atoms with van der Waals surface area (Å²) in [7, 11) is 0. The number of rotatable bonds is 5. The monoisotopic (exact) mass is 363 g/mol. The molecule has 0 spiro atoms. The quantitative estimate of drug-likeness (QED) is 0.856. The van der Waals surface area contributed by atoms with Crippen molar-refractivity contribution in [1.29, 1.82) is 0 Å². The van der Waals surface area contributed by atoms with Gasteiger partial charge in [-0.15, -0.1) is 11.3 Å². The van der Waals surface area contributed by atoms with Gasteiger partial charge in [0.1, 0.15) is 11.9 Å². The molecule has 3 rings (SSSR count). The molecule has 1 fully saturated rings. The molecule has 2 heterocycles. The van der Waals surface area contributed by atoms with E-state index in [9.17, 15) is 14.0 Å². The molecule has 1 unspecified atom stereocenters. The molecule has 25 heavy (non-hydrogen) atoms. The lowest BCUT2D eigenvalue weighted by atomic mass is 10.0. The Morgan fingerprint density at radius 1 is 1.32 bits per heavy atom. The number of ether oxygens (including phenoxy) is 1. The van der Waals surface area contributed by atoms with Gasteiger partial charge in [0.05, 0.1) is 6.04 Å². The van der Waals surface area contributed by atoms with Crippen molar-refractivity contribution in [3.63, 3.8) is 0 Å². The topological polar surface area (TPSA) is 75.6 Å². The highest BCUT2D eigenvalue weighted by atomic mass is 32.1. The number of aliphatic carboxylic acids is 1. The maximum atomic E-state index is 13.2. The Balaban J connectivity index is 1.78. The van der Waals surface area contributed by atoms with E-state index in [1.807, 2.05) is 17.5 Å². The van der Waals surface area contributed by atoms with E-state index < -0.39 is 24.2 Å². The largest absolute Gasteiger partial charge is 0.479 e. The predicted octanol–water partition coefficient (Wildman–Crippen LogP) is 2.97. The zero-order chi connectivity index (χ0) is 18.0. The van der Waals surface area contributed by atoms with Crippen molar-refractivity contribution in [3.8, 4) is 0 Å². The smallest absolute Gasteiger partial charge is 0.333 e. The Morgan fingerprint density at radius 2 is 2.04 bits per heavy atom. The third-order valence-electron chi connectivity index (χ3n) is 4.27. The molecule has 1 aromatic carbocycles. The van der Waals surface area contributed by atoms with Crippen LogP contribution in [0, 0.1) is 11.7 Å². The number of carboxylic acid groups (broad SMARTS) is 1. The second-order valence-corrected chi connectivity index (χ2v) is 7.08. The van der Waals surface area contributed by atoms with Crippen LogP contribution < -0.4 is 5.32 Å². The van der Waals surface area contributed by atoms with Gasteiger partial charge in [-0.25, -0.2) is 9.18 Å². The highest BCUT2D eigenvalue weighted by Gasteiger charge is 2.41. The second-order valence-electron chi connectivity index (χ2n) is 6.11. The van der Waals surface area contributed by atoms with E-state index >= 15 is 0 Å². The zero-order valence-corrected chi connectivity index (χ0v) is 14.3. The average Bonchev–Trinajstić information content (AvgIpc) is 3.23. The highest BCUT2D eigenvalue weighted by molar-refractivity contribution is 7.10. The van der Waals surface area contributed by atoms with Crippen molar-refractivity contribution < 1.29 is 23.8 Å². The number of carboxylic acids is 1. The molecule has 132 valence electrons. The standard InChI is InChI=1S/C18H18FNO4S/c1-10-9-13(24-16(10)18(22)23)17(21)20-15(14-3-2-8-25-14)11-4-6-12(19)7-5-11/h2-8,10,13,15-16H,9H2,1H3,(H,20,21)(H,22,23)/t10-,13-,15?,16-/m1/s1. The van der Waals surface area contributed by atoms with Gasteiger partial charge >= 0.3 is 5.97 Å². The number of benzene rings is 1. The van der Waals surface area contributed by atoms with Crippen LogP contribution >= 0.6 is 11.3 Å². The molecule has 1 aliphatic heterocycles. The van der Waals surface area contributed by atoms with Crippen LogP contribution in [0.1, 0.15) is 29.8 Å². The van der Waals surface area contributed by atoms with Crippen LogP contribution in [-0.4, -0.2) is 29.2 Å². The van der Waals surface area contributed by atoms with Crippen molar-refractivity contribution in [2.75, 3.05) is 0 Å². The summed E-state index contributed by atoms with van der Waals surface area (Å²) in [6, 6.07) is 9.26. The van der Waals surface area contributed by atoms with Crippen molar-refractivity contribution in [3.05, 3.63) is 58.0 Å². The summed E-state index contributed by atoms with van der Waals surface area (Å²) in [5, 5.41) is 13.9. The molecular weight excluding hydrogens is 345 g/mol. The molecule has 1 aromatic heterocycles. The molecule has 1 amide bonds. The van der Waals surface area contributed by atoms with Crippen LogP contribution in [0.15, 0.2) is 41.8 Å². The van der Waals surface area contributed by atoms with E-state index in [4.69, 9.17) is 9.84 Å². The molecule has 2 N–H and O–H groups in total. The Hall–Kier alpha value is -2.25. The van der Waals surface area contributed by atoms with Crippen LogP contribution in [0.5, 0.6) is 0 Å². The molecule has 2 aromatic rings. The number of carbonyl (C=O) groups is 2. The summed E-state index contributed by atoms with van der Waals surface area (Å²) in [5.74, 6) is -2.01. The van der Waals surface area contributed by atoms with E-state index in [-0.39, 0.29) is 17.6 Å². The number of amides is 1. The normalized spacial score (nSPS) is 24.0. The first kappa shape index (κ1) is 17.6. The summed E-state index contributed by atoms with van der Waals surface area (Å²) in [6.45, 7) is 1.75. The molecule has 7 heteroatoms. The van der Waals surface area contributed by atoms with Gasteiger partial charge in [0, 0.05) is 4.88 Å². The molecule has 0 bridgehead atoms. The van der Waals surface area contributed by atoms with Gasteiger partial charge in [0.25, 0.3) is 0 Å². The summed E-state index contributed by atoms with van der Waals surface area (Å²) < 4.78 is 18.6. The fraction of sp³-hybridized carbons (Fsp3) is 0.333. The lowest BCUT2D eigenvalue weighted by Gasteiger charge is -2.20. The van der Waals surface area contributed by atoms with Gasteiger partial charge in [0.2, 0.25) is 5.91 Å². The molecule has 0 aliphatic carbocycles. The molecular formula is C18H18FNO4S. The van der Waals surface area contributed by atoms with Gasteiger partial charge in [-0.3, -0.25) is 4.79 Å². The van der Waals surface area contributed by atoms with Gasteiger partial charge < -0.3 is 15.2 Å². The maximum absolute atomic E-state index is 13.2. The highest BCUT2D eigenvalue weighted by Crippen LogP contribution is 2.30. The van der Waals surface area contributed by atoms with Crippen molar-refractivity contribution >= 4 is 23.2 Å². The van der Waals surface area contributed by atoms with Crippen LogP contribution in [-0.2, 0) is 14.3 Å². The molecule has 1 aliphatic rings. The maximum Gasteiger partial charge on any atom is 0.333 e. The summed E-state index contributed by atoms with van der Waals surface area (Å²) >= 11 is 1.48. The van der Waals surface area contributed by atoms with Crippen LogP contribution in [0.2, 0.25) is 0 Å². The number of thiophene rings is 1. The van der Waals surface area contributed by atoms with E-state index in [0.717, 1.165) is 10.4 Å². The number of carbonyl (C=O) groups excluding carboxylic acids is 1. The second kappa shape index (κ2) is 7.33. The number of halogens is 1. The summed E-state index contributed by atoms with van der Waals surface area (Å²) in [5.41, 5.74) is 0.748. The van der Waals surface area contributed by atoms with Gasteiger partial charge in [-0.2, -0.15) is 0 Å². The molecule has 0 radical (unpaired) electrons. The van der Waals surface area contributed by atoms with E-state index in [0.29, 0.717) is 6.42 Å². The van der Waals surface area contributed by atoms with Crippen LogP contribution in [0.3, 0.4) is 0 Å². The molecule has 0 saturated carbocycles. The minimum Gasteiger partial charge on any atom is -0.479 e. The van der Waals surface area contributed by atoms with Crippen LogP contribution in [0.25, 0.3) is 0 Å². The van der Waals surface area contributed by atoms with Gasteiger partial charge in [-0.05, 0) is 41.5 Å². The predicted molar refractivity (Wildman–Crippen MR) is 90.8 cm³/mol. The Bertz CT molecular complexity index is 747. The number of hydrogen-bond donors (Lipinski definition) is 2. The summed E-state index contributed by atoms with van der Waals surface area (Å²) in [6.07, 6.45) is -1.43. The van der Waals surface area contributed by atoms with Crippen molar-refractivity contribution in [2.24, 2.45) is 5.92 Å². The number of nitrogens with one attached hydrogen (secondary N) is 1. The van der Waals surface area contributed by atoms with Crippen molar-refractivity contribution in [1.82, 2.24) is 5.32 Å². The molecule has 4 atom stereocenters.